The molecule has 1 amide bonds. The molecule has 0 radical (unpaired) electrons. The first-order chi connectivity index (χ1) is 7.15. The Bertz CT molecular complexity index is 365. The zero-order chi connectivity index (χ0) is 11.3. The summed E-state index contributed by atoms with van der Waals surface area (Å²) in [5, 5.41) is 13.7. The van der Waals surface area contributed by atoms with E-state index in [0.717, 1.165) is 0 Å². The molecule has 7 nitrogen and oxygen atoms in total. The Morgan fingerprint density at radius 2 is 2.20 bits per heavy atom. The highest BCUT2D eigenvalue weighted by Crippen LogP contribution is 2.04. The Morgan fingerprint density at radius 1 is 1.60 bits per heavy atom. The van der Waals surface area contributed by atoms with E-state index < -0.39 is 5.92 Å². The van der Waals surface area contributed by atoms with Crippen molar-refractivity contribution in [1.82, 2.24) is 9.97 Å². The number of nitrogens with two attached hydrogens (primary N) is 1. The molecule has 4 N–H and O–H groups in total. The van der Waals surface area contributed by atoms with Crippen molar-refractivity contribution in [3.8, 4) is 0 Å². The van der Waals surface area contributed by atoms with E-state index in [-0.39, 0.29) is 11.7 Å². The zero-order valence-corrected chi connectivity index (χ0v) is 8.08. The lowest BCUT2D eigenvalue weighted by molar-refractivity contribution is -0.117. The van der Waals surface area contributed by atoms with Crippen LogP contribution in [0, 0.1) is 5.92 Å². The topological polar surface area (TPSA) is 113 Å². The summed E-state index contributed by atoms with van der Waals surface area (Å²) in [7, 11) is 0. The molecule has 0 fully saturated rings. The highest BCUT2D eigenvalue weighted by molar-refractivity contribution is 6.07. The lowest BCUT2D eigenvalue weighted by Crippen LogP contribution is -2.32. The maximum absolute atomic E-state index is 11.5. The molecular formula is C8H11N5O2. The number of carbonyl (C=O) groups is 1. The zero-order valence-electron chi connectivity index (χ0n) is 8.08. The molecule has 1 rings (SSSR count). The highest BCUT2D eigenvalue weighted by Gasteiger charge is 2.17. The predicted octanol–water partition coefficient (Wildman–Crippen LogP) is -0.202. The summed E-state index contributed by atoms with van der Waals surface area (Å²) >= 11 is 0. The van der Waals surface area contributed by atoms with Gasteiger partial charge in [0.25, 0.3) is 0 Å². The van der Waals surface area contributed by atoms with Gasteiger partial charge >= 0.3 is 0 Å². The number of aromatic nitrogens is 2. The van der Waals surface area contributed by atoms with Crippen LogP contribution >= 0.6 is 0 Å². The van der Waals surface area contributed by atoms with Crippen molar-refractivity contribution in [1.29, 1.82) is 0 Å². The average Bonchev–Trinajstić information content (AvgIpc) is 2.28. The van der Waals surface area contributed by atoms with Crippen LogP contribution < -0.4 is 11.1 Å². The number of carbonyl (C=O) groups excluding carboxylic acids is 1. The molecule has 0 aliphatic carbocycles. The number of anilines is 1. The van der Waals surface area contributed by atoms with Crippen LogP contribution in [0.3, 0.4) is 0 Å². The number of oxime groups is 1. The van der Waals surface area contributed by atoms with Gasteiger partial charge in [-0.1, -0.05) is 5.16 Å². The first kappa shape index (κ1) is 10.9. The summed E-state index contributed by atoms with van der Waals surface area (Å²) in [5.74, 6) is -1.25. The molecule has 1 aromatic rings. The van der Waals surface area contributed by atoms with Crippen molar-refractivity contribution in [2.24, 2.45) is 16.8 Å². The minimum absolute atomic E-state index is 0.149. The number of hydrogen-bond donors (Lipinski definition) is 3. The van der Waals surface area contributed by atoms with E-state index in [0.29, 0.717) is 5.69 Å². The van der Waals surface area contributed by atoms with Gasteiger partial charge in [-0.25, -0.2) is 9.97 Å². The Hall–Kier alpha value is -2.18. The first-order valence-electron chi connectivity index (χ1n) is 4.18. The number of rotatable bonds is 3. The van der Waals surface area contributed by atoms with Crippen molar-refractivity contribution in [3.05, 3.63) is 18.7 Å². The van der Waals surface area contributed by atoms with Crippen molar-refractivity contribution in [2.75, 3.05) is 5.32 Å². The molecule has 1 unspecified atom stereocenters. The number of hydrogen-bond acceptors (Lipinski definition) is 5. The van der Waals surface area contributed by atoms with Gasteiger partial charge in [0.05, 0.1) is 24.0 Å². The maximum Gasteiger partial charge on any atom is 0.235 e. The second kappa shape index (κ2) is 4.89. The molecule has 1 heterocycles. The summed E-state index contributed by atoms with van der Waals surface area (Å²) in [6.07, 6.45) is 4.25. The molecule has 0 saturated carbocycles. The van der Waals surface area contributed by atoms with E-state index >= 15 is 0 Å². The van der Waals surface area contributed by atoms with Gasteiger partial charge in [-0.3, -0.25) is 4.79 Å². The number of nitrogens with one attached hydrogen (secondary N) is 1. The Morgan fingerprint density at radius 3 is 2.73 bits per heavy atom. The summed E-state index contributed by atoms with van der Waals surface area (Å²) in [5.41, 5.74) is 5.74. The van der Waals surface area contributed by atoms with Crippen molar-refractivity contribution in [3.63, 3.8) is 0 Å². The second-order valence-electron chi connectivity index (χ2n) is 2.86. The van der Waals surface area contributed by atoms with Crippen LogP contribution in [-0.4, -0.2) is 26.9 Å². The monoisotopic (exact) mass is 209 g/mol. The minimum Gasteiger partial charge on any atom is -0.409 e. The molecule has 1 atom stereocenters. The van der Waals surface area contributed by atoms with Crippen LogP contribution in [0.2, 0.25) is 0 Å². The quantitative estimate of drug-likeness (QED) is 0.276. The van der Waals surface area contributed by atoms with Crippen LogP contribution in [-0.2, 0) is 4.79 Å². The summed E-state index contributed by atoms with van der Waals surface area (Å²) in [6.45, 7) is 1.52. The third-order valence-electron chi connectivity index (χ3n) is 1.78. The summed E-state index contributed by atoms with van der Waals surface area (Å²) in [4.78, 5) is 18.9. The van der Waals surface area contributed by atoms with Gasteiger partial charge in [-0.15, -0.1) is 0 Å². The van der Waals surface area contributed by atoms with Gasteiger partial charge in [0.1, 0.15) is 6.33 Å². The van der Waals surface area contributed by atoms with E-state index in [1.807, 2.05) is 0 Å². The molecule has 0 aliphatic rings. The minimum atomic E-state index is -0.713. The van der Waals surface area contributed by atoms with Gasteiger partial charge in [-0.05, 0) is 6.92 Å². The molecule has 0 aromatic carbocycles. The van der Waals surface area contributed by atoms with Crippen LogP contribution in [0.4, 0.5) is 5.69 Å². The lowest BCUT2D eigenvalue weighted by Gasteiger charge is -2.09. The van der Waals surface area contributed by atoms with E-state index in [4.69, 9.17) is 10.9 Å². The van der Waals surface area contributed by atoms with E-state index in [2.05, 4.69) is 20.4 Å². The smallest absolute Gasteiger partial charge is 0.235 e. The second-order valence-corrected chi connectivity index (χ2v) is 2.86. The molecule has 0 saturated heterocycles. The van der Waals surface area contributed by atoms with E-state index in [9.17, 15) is 4.79 Å². The number of amides is 1. The van der Waals surface area contributed by atoms with Gasteiger partial charge in [0, 0.05) is 0 Å². The van der Waals surface area contributed by atoms with E-state index in [1.165, 1.54) is 25.6 Å². The SMILES string of the molecule is CC(C(=O)Nc1cncnc1)C(N)=NO. The Balaban J connectivity index is 2.64. The predicted molar refractivity (Wildman–Crippen MR) is 53.2 cm³/mol. The normalized spacial score (nSPS) is 13.3. The van der Waals surface area contributed by atoms with Crippen molar-refractivity contribution >= 4 is 17.4 Å². The van der Waals surface area contributed by atoms with Crippen LogP contribution in [0.25, 0.3) is 0 Å². The third kappa shape index (κ3) is 2.90. The molecule has 7 heteroatoms. The largest absolute Gasteiger partial charge is 0.409 e. The molecule has 0 spiro atoms. The van der Waals surface area contributed by atoms with Crippen LogP contribution in [0.15, 0.2) is 23.9 Å². The molecular weight excluding hydrogens is 198 g/mol. The number of nitrogens with zero attached hydrogens (tertiary/aromatic N) is 3. The Labute approximate surface area is 86.0 Å². The molecule has 0 bridgehead atoms. The van der Waals surface area contributed by atoms with Crippen LogP contribution in [0.1, 0.15) is 6.92 Å². The highest BCUT2D eigenvalue weighted by atomic mass is 16.4. The number of amidine groups is 1. The van der Waals surface area contributed by atoms with Gasteiger partial charge in [0.2, 0.25) is 5.91 Å². The van der Waals surface area contributed by atoms with Gasteiger partial charge in [0.15, 0.2) is 5.84 Å². The first-order valence-corrected chi connectivity index (χ1v) is 4.18. The van der Waals surface area contributed by atoms with Crippen molar-refractivity contribution < 1.29 is 10.0 Å². The Kier molecular flexibility index (Phi) is 3.55. The molecule has 0 aliphatic heterocycles. The fraction of sp³-hybridized carbons (Fsp3) is 0.250. The lowest BCUT2D eigenvalue weighted by atomic mass is 10.1. The van der Waals surface area contributed by atoms with Crippen molar-refractivity contribution in [2.45, 2.75) is 6.92 Å². The molecule has 1 aromatic heterocycles. The molecule has 80 valence electrons. The fourth-order valence-electron chi connectivity index (χ4n) is 0.835. The fourth-order valence-corrected chi connectivity index (χ4v) is 0.835. The third-order valence-corrected chi connectivity index (χ3v) is 1.78. The van der Waals surface area contributed by atoms with E-state index in [1.54, 1.807) is 0 Å². The van der Waals surface area contributed by atoms with Crippen LogP contribution in [0.5, 0.6) is 0 Å². The van der Waals surface area contributed by atoms with Gasteiger partial charge < -0.3 is 16.3 Å². The summed E-state index contributed by atoms with van der Waals surface area (Å²) in [6, 6.07) is 0. The molecule has 15 heavy (non-hydrogen) atoms. The van der Waals surface area contributed by atoms with Gasteiger partial charge in [-0.2, -0.15) is 0 Å². The maximum atomic E-state index is 11.5. The summed E-state index contributed by atoms with van der Waals surface area (Å²) < 4.78 is 0. The average molecular weight is 209 g/mol. The standard InChI is InChI=1S/C8H11N5O2/c1-5(7(9)13-15)8(14)12-6-2-10-4-11-3-6/h2-5,15H,1H3,(H2,9,13)(H,12,14).